The number of hydrogen-bond donors (Lipinski definition) is 3. The molecule has 0 aliphatic carbocycles. The number of anilines is 1. The van der Waals surface area contributed by atoms with Gasteiger partial charge in [-0.2, -0.15) is 0 Å². The number of benzene rings is 2. The van der Waals surface area contributed by atoms with Crippen LogP contribution in [0.25, 0.3) is 0 Å². The highest BCUT2D eigenvalue weighted by molar-refractivity contribution is 14.1. The lowest BCUT2D eigenvalue weighted by Crippen LogP contribution is -2.11. The van der Waals surface area contributed by atoms with Crippen LogP contribution in [-0.2, 0) is 0 Å². The predicted molar refractivity (Wildman–Crippen MR) is 81.6 cm³/mol. The monoisotopic (exact) mass is 369 g/mol. The molecular formula is C14H12INO3. The number of carbonyl (C=O) groups is 1. The van der Waals surface area contributed by atoms with Gasteiger partial charge in [0.1, 0.15) is 11.5 Å². The number of hydrogen-bond acceptors (Lipinski definition) is 3. The Morgan fingerprint density at radius 3 is 2.47 bits per heavy atom. The van der Waals surface area contributed by atoms with Gasteiger partial charge in [-0.05, 0) is 59.3 Å². The van der Waals surface area contributed by atoms with E-state index >= 15 is 0 Å². The van der Waals surface area contributed by atoms with Crippen LogP contribution in [0.2, 0.25) is 0 Å². The summed E-state index contributed by atoms with van der Waals surface area (Å²) in [5, 5.41) is 21.8. The van der Waals surface area contributed by atoms with Crippen LogP contribution in [0.5, 0.6) is 11.5 Å². The van der Waals surface area contributed by atoms with Crippen molar-refractivity contribution >= 4 is 34.2 Å². The van der Waals surface area contributed by atoms with Crippen molar-refractivity contribution in [1.82, 2.24) is 0 Å². The molecule has 0 aromatic heterocycles. The molecule has 2 aromatic carbocycles. The van der Waals surface area contributed by atoms with Crippen molar-refractivity contribution in [2.45, 2.75) is 6.92 Å². The van der Waals surface area contributed by atoms with Gasteiger partial charge < -0.3 is 15.5 Å². The average Bonchev–Trinajstić information content (AvgIpc) is 2.37. The van der Waals surface area contributed by atoms with E-state index in [1.54, 1.807) is 31.2 Å². The predicted octanol–water partition coefficient (Wildman–Crippen LogP) is 3.26. The topological polar surface area (TPSA) is 69.6 Å². The van der Waals surface area contributed by atoms with Gasteiger partial charge in [0.05, 0.1) is 3.57 Å². The van der Waals surface area contributed by atoms with Crippen molar-refractivity contribution in [3.8, 4) is 11.5 Å². The molecular weight excluding hydrogens is 357 g/mol. The third-order valence-corrected chi connectivity index (χ3v) is 3.59. The van der Waals surface area contributed by atoms with E-state index in [2.05, 4.69) is 5.32 Å². The molecule has 19 heavy (non-hydrogen) atoms. The summed E-state index contributed by atoms with van der Waals surface area (Å²) in [6.45, 7) is 1.78. The number of halogens is 1. The summed E-state index contributed by atoms with van der Waals surface area (Å²) < 4.78 is 0.683. The number of amides is 1. The molecule has 0 radical (unpaired) electrons. The molecule has 5 heteroatoms. The van der Waals surface area contributed by atoms with E-state index in [0.29, 0.717) is 14.8 Å². The molecule has 0 heterocycles. The van der Waals surface area contributed by atoms with Gasteiger partial charge in [0.2, 0.25) is 0 Å². The van der Waals surface area contributed by atoms with E-state index in [-0.39, 0.29) is 17.4 Å². The lowest BCUT2D eigenvalue weighted by atomic mass is 10.1. The number of aryl methyl sites for hydroxylation is 1. The Kier molecular flexibility index (Phi) is 3.94. The number of aromatic hydroxyl groups is 2. The van der Waals surface area contributed by atoms with Crippen LogP contribution in [0.1, 0.15) is 15.9 Å². The molecule has 0 fully saturated rings. The fraction of sp³-hybridized carbons (Fsp3) is 0.0714. The Balaban J connectivity index is 2.20. The Labute approximate surface area is 124 Å². The van der Waals surface area contributed by atoms with Crippen LogP contribution in [-0.4, -0.2) is 16.1 Å². The van der Waals surface area contributed by atoms with Crippen molar-refractivity contribution in [3.05, 3.63) is 51.1 Å². The summed E-state index contributed by atoms with van der Waals surface area (Å²) >= 11 is 1.98. The molecule has 0 unspecified atom stereocenters. The fourth-order valence-corrected chi connectivity index (χ4v) is 1.88. The van der Waals surface area contributed by atoms with E-state index < -0.39 is 0 Å². The summed E-state index contributed by atoms with van der Waals surface area (Å²) in [6, 6.07) is 9.61. The van der Waals surface area contributed by atoms with Gasteiger partial charge in [0, 0.05) is 17.3 Å². The van der Waals surface area contributed by atoms with Gasteiger partial charge in [-0.15, -0.1) is 0 Å². The van der Waals surface area contributed by atoms with E-state index in [1.165, 1.54) is 12.1 Å². The van der Waals surface area contributed by atoms with Crippen molar-refractivity contribution in [3.63, 3.8) is 0 Å². The van der Waals surface area contributed by atoms with Gasteiger partial charge in [0.15, 0.2) is 0 Å². The van der Waals surface area contributed by atoms with Crippen molar-refractivity contribution in [1.29, 1.82) is 0 Å². The van der Waals surface area contributed by atoms with Crippen LogP contribution in [0.4, 0.5) is 5.69 Å². The first kappa shape index (κ1) is 13.7. The summed E-state index contributed by atoms with van der Waals surface area (Å²) in [5.41, 5.74) is 1.61. The molecule has 3 N–H and O–H groups in total. The maximum Gasteiger partial charge on any atom is 0.255 e. The first-order valence-electron chi connectivity index (χ1n) is 5.57. The SMILES string of the molecule is Cc1ccc(NC(=O)c2ccc(I)c(O)c2)cc1O. The Hall–Kier alpha value is -1.76. The van der Waals surface area contributed by atoms with Crippen LogP contribution in [0.15, 0.2) is 36.4 Å². The third kappa shape index (κ3) is 3.17. The van der Waals surface area contributed by atoms with Gasteiger partial charge >= 0.3 is 0 Å². The quantitative estimate of drug-likeness (QED) is 0.712. The Morgan fingerprint density at radius 2 is 1.84 bits per heavy atom. The number of nitrogens with one attached hydrogen (secondary N) is 1. The largest absolute Gasteiger partial charge is 0.508 e. The minimum absolute atomic E-state index is 0.0694. The van der Waals surface area contributed by atoms with Crippen molar-refractivity contribution in [2.75, 3.05) is 5.32 Å². The molecule has 0 saturated heterocycles. The highest BCUT2D eigenvalue weighted by atomic mass is 127. The van der Waals surface area contributed by atoms with E-state index in [1.807, 2.05) is 22.6 Å². The van der Waals surface area contributed by atoms with Gasteiger partial charge in [-0.1, -0.05) is 6.07 Å². The fourth-order valence-electron chi connectivity index (χ4n) is 1.54. The summed E-state index contributed by atoms with van der Waals surface area (Å²) in [6.07, 6.45) is 0. The number of carbonyl (C=O) groups excluding carboxylic acids is 1. The van der Waals surface area contributed by atoms with Crippen LogP contribution in [0, 0.1) is 10.5 Å². The molecule has 1 amide bonds. The lowest BCUT2D eigenvalue weighted by molar-refractivity contribution is 0.102. The van der Waals surface area contributed by atoms with Gasteiger partial charge in [-0.25, -0.2) is 0 Å². The first-order valence-corrected chi connectivity index (χ1v) is 6.65. The van der Waals surface area contributed by atoms with E-state index in [0.717, 1.165) is 5.56 Å². The van der Waals surface area contributed by atoms with Crippen LogP contribution in [0.3, 0.4) is 0 Å². The van der Waals surface area contributed by atoms with Crippen molar-refractivity contribution < 1.29 is 15.0 Å². The summed E-state index contributed by atoms with van der Waals surface area (Å²) in [5.74, 6) is -0.141. The number of rotatable bonds is 2. The lowest BCUT2D eigenvalue weighted by Gasteiger charge is -2.07. The molecule has 0 saturated carbocycles. The number of phenols is 2. The minimum Gasteiger partial charge on any atom is -0.508 e. The molecule has 0 aliphatic rings. The molecule has 0 aliphatic heterocycles. The molecule has 98 valence electrons. The second-order valence-corrected chi connectivity index (χ2v) is 5.28. The molecule has 0 bridgehead atoms. The molecule has 4 nitrogen and oxygen atoms in total. The standard InChI is InChI=1S/C14H12INO3/c1-8-2-4-10(7-12(8)17)16-14(19)9-3-5-11(15)13(18)6-9/h2-7,17-18H,1H3,(H,16,19). The third-order valence-electron chi connectivity index (χ3n) is 2.68. The molecule has 2 aromatic rings. The summed E-state index contributed by atoms with van der Waals surface area (Å²) in [4.78, 5) is 12.0. The smallest absolute Gasteiger partial charge is 0.255 e. The minimum atomic E-state index is -0.338. The Morgan fingerprint density at radius 1 is 1.11 bits per heavy atom. The van der Waals surface area contributed by atoms with Gasteiger partial charge in [-0.3, -0.25) is 4.79 Å². The second-order valence-electron chi connectivity index (χ2n) is 4.12. The highest BCUT2D eigenvalue weighted by Crippen LogP contribution is 2.23. The average molecular weight is 369 g/mol. The Bertz CT molecular complexity index is 641. The van der Waals surface area contributed by atoms with Crippen LogP contribution >= 0.6 is 22.6 Å². The van der Waals surface area contributed by atoms with Crippen LogP contribution < -0.4 is 5.32 Å². The second kappa shape index (κ2) is 5.48. The number of phenolic OH excluding ortho intramolecular Hbond substituents is 2. The molecule has 0 spiro atoms. The zero-order valence-electron chi connectivity index (χ0n) is 10.1. The highest BCUT2D eigenvalue weighted by Gasteiger charge is 2.09. The summed E-state index contributed by atoms with van der Waals surface area (Å²) in [7, 11) is 0. The van der Waals surface area contributed by atoms with Crippen molar-refractivity contribution in [2.24, 2.45) is 0 Å². The first-order chi connectivity index (χ1) is 8.97. The zero-order valence-corrected chi connectivity index (χ0v) is 12.3. The normalized spacial score (nSPS) is 10.2. The molecule has 2 rings (SSSR count). The maximum absolute atomic E-state index is 12.0. The van der Waals surface area contributed by atoms with E-state index in [9.17, 15) is 15.0 Å². The van der Waals surface area contributed by atoms with Gasteiger partial charge in [0.25, 0.3) is 5.91 Å². The molecule has 0 atom stereocenters. The zero-order chi connectivity index (χ0) is 14.0. The maximum atomic E-state index is 12.0. The van der Waals surface area contributed by atoms with E-state index in [4.69, 9.17) is 0 Å².